The minimum atomic E-state index is -0.131. The van der Waals surface area contributed by atoms with Gasteiger partial charge in [0.15, 0.2) is 5.78 Å². The van der Waals surface area contributed by atoms with Gasteiger partial charge in [0.25, 0.3) is 0 Å². The first-order valence-electron chi connectivity index (χ1n) is 7.42. The van der Waals surface area contributed by atoms with Crippen LogP contribution in [0.25, 0.3) is 0 Å². The van der Waals surface area contributed by atoms with Crippen molar-refractivity contribution >= 4 is 5.78 Å². The van der Waals surface area contributed by atoms with Gasteiger partial charge in [-0.15, -0.1) is 0 Å². The van der Waals surface area contributed by atoms with E-state index in [1.165, 1.54) is 6.42 Å². The van der Waals surface area contributed by atoms with Crippen molar-refractivity contribution in [3.63, 3.8) is 0 Å². The van der Waals surface area contributed by atoms with Crippen LogP contribution in [0.15, 0.2) is 36.0 Å². The molecule has 3 aliphatic carbocycles. The van der Waals surface area contributed by atoms with E-state index in [-0.39, 0.29) is 16.2 Å². The van der Waals surface area contributed by atoms with Gasteiger partial charge in [0, 0.05) is 10.8 Å². The number of carbonyl (C=O) groups is 1. The summed E-state index contributed by atoms with van der Waals surface area (Å²) in [6, 6.07) is 0. The van der Waals surface area contributed by atoms with Crippen LogP contribution in [-0.2, 0) is 4.79 Å². The second-order valence-corrected chi connectivity index (χ2v) is 7.57. The average Bonchev–Trinajstić information content (AvgIpc) is 2.64. The van der Waals surface area contributed by atoms with Gasteiger partial charge in [0.05, 0.1) is 0 Å². The minimum absolute atomic E-state index is 0.0245. The summed E-state index contributed by atoms with van der Waals surface area (Å²) in [5, 5.41) is 0. The molecule has 0 heterocycles. The van der Waals surface area contributed by atoms with Crippen molar-refractivity contribution in [1.82, 2.24) is 0 Å². The first-order valence-corrected chi connectivity index (χ1v) is 7.42. The van der Waals surface area contributed by atoms with Gasteiger partial charge in [-0.25, -0.2) is 0 Å². The van der Waals surface area contributed by atoms with Gasteiger partial charge in [-0.3, -0.25) is 4.79 Å². The van der Waals surface area contributed by atoms with E-state index >= 15 is 0 Å². The van der Waals surface area contributed by atoms with Crippen LogP contribution < -0.4 is 0 Å². The molecule has 2 bridgehead atoms. The van der Waals surface area contributed by atoms with Gasteiger partial charge in [0.1, 0.15) is 0 Å². The van der Waals surface area contributed by atoms with E-state index in [0.717, 1.165) is 18.4 Å². The fraction of sp³-hybridized carbons (Fsp3) is 0.611. The Bertz CT molecular complexity index is 520. The molecule has 3 atom stereocenters. The van der Waals surface area contributed by atoms with Crippen LogP contribution in [0.1, 0.15) is 47.0 Å². The fourth-order valence-electron chi connectivity index (χ4n) is 4.30. The van der Waals surface area contributed by atoms with E-state index in [0.29, 0.717) is 11.7 Å². The third-order valence-corrected chi connectivity index (χ3v) is 6.13. The Balaban J connectivity index is 2.02. The molecule has 2 fully saturated rings. The summed E-state index contributed by atoms with van der Waals surface area (Å²) in [7, 11) is 0. The Morgan fingerprint density at radius 3 is 2.47 bits per heavy atom. The van der Waals surface area contributed by atoms with Crippen LogP contribution in [0.5, 0.6) is 0 Å². The monoisotopic (exact) mass is 256 g/mol. The quantitative estimate of drug-likeness (QED) is 0.633. The summed E-state index contributed by atoms with van der Waals surface area (Å²) in [6.07, 6.45) is 14.1. The third-order valence-electron chi connectivity index (χ3n) is 6.13. The van der Waals surface area contributed by atoms with Crippen molar-refractivity contribution in [2.45, 2.75) is 47.0 Å². The normalized spacial score (nSPS) is 45.4. The second-order valence-electron chi connectivity index (χ2n) is 7.57. The van der Waals surface area contributed by atoms with E-state index in [1.807, 2.05) is 0 Å². The number of ketones is 1. The Labute approximate surface area is 116 Å². The highest BCUT2D eigenvalue weighted by atomic mass is 16.1. The smallest absolute Gasteiger partial charge is 0.165 e. The van der Waals surface area contributed by atoms with E-state index in [9.17, 15) is 4.79 Å². The van der Waals surface area contributed by atoms with Crippen LogP contribution in [0.2, 0.25) is 0 Å². The molecule has 0 aliphatic heterocycles. The van der Waals surface area contributed by atoms with Crippen molar-refractivity contribution in [2.75, 3.05) is 0 Å². The minimum Gasteiger partial charge on any atom is -0.294 e. The molecule has 2 saturated carbocycles. The molecule has 102 valence electrons. The predicted octanol–water partition coefficient (Wildman–Crippen LogP) is 4.46. The maximum absolute atomic E-state index is 12.8. The standard InChI is InChI=1S/C18H24O/c1-16(2)14-8-11-18(16,4)15(19)13(14)12-17(3)9-6-5-7-10-17/h5-7,9,12,14H,8,10-11H2,1-4H3. The molecule has 0 N–H and O–H groups in total. The number of rotatable bonds is 1. The first-order chi connectivity index (χ1) is 8.80. The summed E-state index contributed by atoms with van der Waals surface area (Å²) in [4.78, 5) is 12.8. The molecule has 3 aliphatic rings. The second kappa shape index (κ2) is 3.71. The molecule has 1 heteroatoms. The van der Waals surface area contributed by atoms with Gasteiger partial charge in [-0.1, -0.05) is 58.1 Å². The molecule has 0 aromatic heterocycles. The van der Waals surface area contributed by atoms with E-state index in [4.69, 9.17) is 0 Å². The number of hydrogen-bond acceptors (Lipinski definition) is 1. The van der Waals surface area contributed by atoms with Crippen LogP contribution >= 0.6 is 0 Å². The first kappa shape index (κ1) is 12.9. The Hall–Kier alpha value is -1.11. The topological polar surface area (TPSA) is 17.1 Å². The lowest BCUT2D eigenvalue weighted by Crippen LogP contribution is -2.32. The van der Waals surface area contributed by atoms with Crippen molar-refractivity contribution < 1.29 is 4.79 Å². The molecule has 19 heavy (non-hydrogen) atoms. The lowest BCUT2D eigenvalue weighted by atomic mass is 9.70. The highest BCUT2D eigenvalue weighted by Gasteiger charge is 2.64. The molecule has 0 aromatic carbocycles. The fourth-order valence-corrected chi connectivity index (χ4v) is 4.30. The number of allylic oxidation sites excluding steroid dienone is 6. The Morgan fingerprint density at radius 1 is 1.21 bits per heavy atom. The van der Waals surface area contributed by atoms with Gasteiger partial charge < -0.3 is 0 Å². The molecule has 3 rings (SSSR count). The van der Waals surface area contributed by atoms with Gasteiger partial charge in [0.2, 0.25) is 0 Å². The lowest BCUT2D eigenvalue weighted by molar-refractivity contribution is -0.125. The molecular formula is C18H24O. The van der Waals surface area contributed by atoms with Crippen molar-refractivity contribution in [1.29, 1.82) is 0 Å². The molecule has 1 nitrogen and oxygen atoms in total. The largest absolute Gasteiger partial charge is 0.294 e. The van der Waals surface area contributed by atoms with Gasteiger partial charge in [-0.2, -0.15) is 0 Å². The average molecular weight is 256 g/mol. The molecule has 0 aromatic rings. The van der Waals surface area contributed by atoms with E-state index < -0.39 is 0 Å². The van der Waals surface area contributed by atoms with Crippen LogP contribution in [0.4, 0.5) is 0 Å². The highest BCUT2D eigenvalue weighted by molar-refractivity contribution is 6.04. The number of Topliss-reactive ketones (excluding diaryl/α,β-unsaturated/α-hetero) is 1. The van der Waals surface area contributed by atoms with Crippen molar-refractivity contribution in [2.24, 2.45) is 22.2 Å². The summed E-state index contributed by atoms with van der Waals surface area (Å²) >= 11 is 0. The Kier molecular flexibility index (Phi) is 2.52. The zero-order chi connectivity index (χ0) is 13.9. The highest BCUT2D eigenvalue weighted by Crippen LogP contribution is 2.66. The van der Waals surface area contributed by atoms with Crippen LogP contribution in [0.3, 0.4) is 0 Å². The molecule has 0 radical (unpaired) electrons. The molecule has 0 saturated heterocycles. The molecule has 3 unspecified atom stereocenters. The third kappa shape index (κ3) is 1.57. The van der Waals surface area contributed by atoms with E-state index in [2.05, 4.69) is 58.1 Å². The van der Waals surface area contributed by atoms with Crippen LogP contribution in [0, 0.1) is 22.2 Å². The zero-order valence-electron chi connectivity index (χ0n) is 12.5. The summed E-state index contributed by atoms with van der Waals surface area (Å²) in [6.45, 7) is 8.97. The molecular weight excluding hydrogens is 232 g/mol. The lowest BCUT2D eigenvalue weighted by Gasteiger charge is -2.31. The van der Waals surface area contributed by atoms with Gasteiger partial charge in [-0.05, 0) is 36.2 Å². The number of carbonyl (C=O) groups excluding carboxylic acids is 1. The van der Waals surface area contributed by atoms with Gasteiger partial charge >= 0.3 is 0 Å². The zero-order valence-corrected chi connectivity index (χ0v) is 12.5. The SMILES string of the molecule is CC1(C=C2C(=O)C3(C)CCC2C3(C)C)C=CC=CC1. The predicted molar refractivity (Wildman–Crippen MR) is 78.7 cm³/mol. The van der Waals surface area contributed by atoms with Crippen molar-refractivity contribution in [3.8, 4) is 0 Å². The van der Waals surface area contributed by atoms with E-state index in [1.54, 1.807) is 0 Å². The number of hydrogen-bond donors (Lipinski definition) is 0. The maximum Gasteiger partial charge on any atom is 0.165 e. The summed E-state index contributed by atoms with van der Waals surface area (Å²) in [5.41, 5.74) is 1.13. The number of fused-ring (bicyclic) bond motifs is 2. The Morgan fingerprint density at radius 2 is 1.95 bits per heavy atom. The van der Waals surface area contributed by atoms with Crippen molar-refractivity contribution in [3.05, 3.63) is 36.0 Å². The molecule has 0 spiro atoms. The molecule has 0 amide bonds. The summed E-state index contributed by atoms with van der Waals surface area (Å²) in [5.74, 6) is 0.874. The maximum atomic E-state index is 12.8. The summed E-state index contributed by atoms with van der Waals surface area (Å²) < 4.78 is 0. The van der Waals surface area contributed by atoms with Crippen LogP contribution in [-0.4, -0.2) is 5.78 Å².